The minimum absolute atomic E-state index is 0.187. The number of rotatable bonds is 4. The average Bonchev–Trinajstić information content (AvgIpc) is 3.07. The summed E-state index contributed by atoms with van der Waals surface area (Å²) in [5.41, 5.74) is -1.41. The molecule has 0 saturated heterocycles. The van der Waals surface area contributed by atoms with E-state index in [1.54, 1.807) is 6.07 Å². The van der Waals surface area contributed by atoms with Gasteiger partial charge in [0.15, 0.2) is 5.69 Å². The predicted molar refractivity (Wildman–Crippen MR) is 100 cm³/mol. The number of nitrogens with zero attached hydrogens (tertiary/aromatic N) is 3. The Hall–Kier alpha value is -2.85. The molecule has 0 bridgehead atoms. The molecule has 0 saturated carbocycles. The van der Waals surface area contributed by atoms with Crippen molar-refractivity contribution in [2.45, 2.75) is 18.0 Å². The number of hydrogen-bond donors (Lipinski definition) is 0. The molecule has 0 unspecified atom stereocenters. The predicted octanol–water partition coefficient (Wildman–Crippen LogP) is 4.10. The highest BCUT2D eigenvalue weighted by molar-refractivity contribution is 7.93. The fraction of sp³-hybridized carbons (Fsp3) is 0.111. The van der Waals surface area contributed by atoms with E-state index in [4.69, 9.17) is 11.6 Å². The van der Waals surface area contributed by atoms with Crippen molar-refractivity contribution in [1.29, 1.82) is 0 Å². The third kappa shape index (κ3) is 4.13. The first-order valence-corrected chi connectivity index (χ1v) is 9.88. The van der Waals surface area contributed by atoms with Crippen molar-refractivity contribution in [3.05, 3.63) is 71.4 Å². The Kier molecular flexibility index (Phi) is 5.42. The number of halogens is 4. The summed E-state index contributed by atoms with van der Waals surface area (Å²) in [4.78, 5) is 12.4. The molecular weight excluding hydrogens is 431 g/mol. The molecule has 0 radical (unpaired) electrons. The second kappa shape index (κ2) is 7.53. The van der Waals surface area contributed by atoms with Crippen LogP contribution in [0.1, 0.15) is 12.6 Å². The van der Waals surface area contributed by atoms with Crippen molar-refractivity contribution in [1.82, 2.24) is 9.89 Å². The van der Waals surface area contributed by atoms with Gasteiger partial charge in [-0.25, -0.2) is 0 Å². The third-order valence-electron chi connectivity index (χ3n) is 3.83. The maximum absolute atomic E-state index is 13.3. The van der Waals surface area contributed by atoms with Gasteiger partial charge in [-0.05, 0) is 30.3 Å². The zero-order chi connectivity index (χ0) is 21.4. The van der Waals surface area contributed by atoms with Gasteiger partial charge in [0.25, 0.3) is 15.9 Å². The van der Waals surface area contributed by atoms with Crippen LogP contribution >= 0.6 is 11.6 Å². The van der Waals surface area contributed by atoms with Crippen LogP contribution in [-0.2, 0) is 21.0 Å². The van der Waals surface area contributed by atoms with E-state index in [-0.39, 0.29) is 20.6 Å². The van der Waals surface area contributed by atoms with E-state index in [1.807, 2.05) is 0 Å². The first-order chi connectivity index (χ1) is 13.5. The first kappa shape index (κ1) is 20.9. The van der Waals surface area contributed by atoms with E-state index in [2.05, 4.69) is 5.10 Å². The summed E-state index contributed by atoms with van der Waals surface area (Å²) < 4.78 is 66.1. The van der Waals surface area contributed by atoms with Crippen molar-refractivity contribution >= 4 is 27.5 Å². The van der Waals surface area contributed by atoms with Gasteiger partial charge in [0, 0.05) is 17.5 Å². The van der Waals surface area contributed by atoms with E-state index >= 15 is 0 Å². The zero-order valence-corrected chi connectivity index (χ0v) is 16.3. The standard InChI is InChI=1S/C18H13ClF3N3O3S/c1-12(26)25(29(27,28)15-5-3-2-4-6-15)24-16(11-17(23-24)18(20,21)22)13-7-9-14(19)10-8-13/h2-11H,1H3. The van der Waals surface area contributed by atoms with Crippen LogP contribution in [0.2, 0.25) is 5.02 Å². The molecule has 1 amide bonds. The fourth-order valence-electron chi connectivity index (χ4n) is 2.57. The Morgan fingerprint density at radius 3 is 2.17 bits per heavy atom. The van der Waals surface area contributed by atoms with Crippen LogP contribution in [-0.4, -0.2) is 24.2 Å². The lowest BCUT2D eigenvalue weighted by Crippen LogP contribution is -2.45. The molecule has 0 fully saturated rings. The van der Waals surface area contributed by atoms with E-state index < -0.39 is 27.8 Å². The number of alkyl halides is 3. The largest absolute Gasteiger partial charge is 0.435 e. The third-order valence-corrected chi connectivity index (χ3v) is 5.82. The van der Waals surface area contributed by atoms with Crippen molar-refractivity contribution in [2.24, 2.45) is 0 Å². The lowest BCUT2D eigenvalue weighted by Gasteiger charge is -2.22. The topological polar surface area (TPSA) is 72.3 Å². The summed E-state index contributed by atoms with van der Waals surface area (Å²) in [6.45, 7) is 0.918. The fourth-order valence-corrected chi connectivity index (χ4v) is 4.06. The number of carbonyl (C=O) groups is 1. The summed E-state index contributed by atoms with van der Waals surface area (Å²) >= 11 is 5.82. The van der Waals surface area contributed by atoms with Gasteiger partial charge in [-0.15, -0.1) is 9.51 Å². The van der Waals surface area contributed by atoms with Crippen LogP contribution in [0.15, 0.2) is 65.6 Å². The maximum Gasteiger partial charge on any atom is 0.435 e. The molecule has 0 spiro atoms. The molecule has 1 heterocycles. The summed E-state index contributed by atoms with van der Waals surface area (Å²) in [5.74, 6) is -1.04. The number of hydrogen-bond acceptors (Lipinski definition) is 4. The minimum atomic E-state index is -4.86. The van der Waals surface area contributed by atoms with E-state index in [9.17, 15) is 26.4 Å². The van der Waals surface area contributed by atoms with Crippen LogP contribution in [0.4, 0.5) is 13.2 Å². The second-order valence-electron chi connectivity index (χ2n) is 5.89. The molecular formula is C18H13ClF3N3O3S. The van der Waals surface area contributed by atoms with Crippen molar-refractivity contribution in [3.8, 4) is 11.3 Å². The Labute approximate surface area is 169 Å². The number of carbonyl (C=O) groups excluding carboxylic acids is 1. The molecule has 0 atom stereocenters. The Bertz CT molecular complexity index is 1140. The van der Waals surface area contributed by atoms with Crippen LogP contribution in [0.3, 0.4) is 0 Å². The van der Waals surface area contributed by atoms with E-state index in [1.165, 1.54) is 48.5 Å². The molecule has 11 heteroatoms. The second-order valence-corrected chi connectivity index (χ2v) is 8.09. The Morgan fingerprint density at radius 2 is 1.66 bits per heavy atom. The summed E-state index contributed by atoms with van der Waals surface area (Å²) in [7, 11) is -4.53. The lowest BCUT2D eigenvalue weighted by atomic mass is 10.1. The van der Waals surface area contributed by atoms with Gasteiger partial charge in [-0.2, -0.15) is 26.4 Å². The monoisotopic (exact) mass is 443 g/mol. The minimum Gasteiger partial charge on any atom is -0.272 e. The van der Waals surface area contributed by atoms with Gasteiger partial charge in [0.1, 0.15) is 0 Å². The SMILES string of the molecule is CC(=O)N(n1nc(C(F)(F)F)cc1-c1ccc(Cl)cc1)S(=O)(=O)c1ccccc1. The molecule has 152 valence electrons. The van der Waals surface area contributed by atoms with E-state index in [0.717, 1.165) is 6.92 Å². The number of aromatic nitrogens is 2. The molecule has 3 rings (SSSR count). The van der Waals surface area contributed by atoms with E-state index in [0.29, 0.717) is 15.9 Å². The van der Waals surface area contributed by atoms with Gasteiger partial charge < -0.3 is 0 Å². The Balaban J connectivity index is 2.27. The van der Waals surface area contributed by atoms with Crippen LogP contribution in [0.25, 0.3) is 11.3 Å². The van der Waals surface area contributed by atoms with Crippen molar-refractivity contribution in [2.75, 3.05) is 4.41 Å². The van der Waals surface area contributed by atoms with Gasteiger partial charge in [0.05, 0.1) is 10.6 Å². The molecule has 0 aliphatic carbocycles. The molecule has 0 aliphatic rings. The summed E-state index contributed by atoms with van der Waals surface area (Å²) in [6, 6.07) is 13.2. The lowest BCUT2D eigenvalue weighted by molar-refractivity contribution is -0.141. The number of benzene rings is 2. The molecule has 0 aliphatic heterocycles. The Morgan fingerprint density at radius 1 is 1.07 bits per heavy atom. The molecule has 2 aromatic carbocycles. The summed E-state index contributed by atoms with van der Waals surface area (Å²) in [5, 5.41) is 3.71. The van der Waals surface area contributed by atoms with Gasteiger partial charge in [-0.1, -0.05) is 41.9 Å². The quantitative estimate of drug-likeness (QED) is 0.608. The van der Waals surface area contributed by atoms with Gasteiger partial charge >= 0.3 is 6.18 Å². The zero-order valence-electron chi connectivity index (χ0n) is 14.8. The highest BCUT2D eigenvalue weighted by atomic mass is 35.5. The van der Waals surface area contributed by atoms with Crippen molar-refractivity contribution < 1.29 is 26.4 Å². The van der Waals surface area contributed by atoms with Gasteiger partial charge in [0.2, 0.25) is 0 Å². The molecule has 6 nitrogen and oxygen atoms in total. The van der Waals surface area contributed by atoms with Crippen LogP contribution < -0.4 is 4.41 Å². The first-order valence-electron chi connectivity index (χ1n) is 8.06. The number of sulfonamides is 1. The number of amides is 1. The van der Waals surface area contributed by atoms with Crippen LogP contribution in [0.5, 0.6) is 0 Å². The molecule has 1 aromatic heterocycles. The van der Waals surface area contributed by atoms with Gasteiger partial charge in [-0.3, -0.25) is 4.79 Å². The highest BCUT2D eigenvalue weighted by Gasteiger charge is 2.38. The van der Waals surface area contributed by atoms with Crippen LogP contribution in [0, 0.1) is 0 Å². The molecule has 0 N–H and O–H groups in total. The summed E-state index contributed by atoms with van der Waals surface area (Å²) in [6.07, 6.45) is -4.86. The highest BCUT2D eigenvalue weighted by Crippen LogP contribution is 2.33. The molecule has 29 heavy (non-hydrogen) atoms. The smallest absolute Gasteiger partial charge is 0.272 e. The van der Waals surface area contributed by atoms with Crippen molar-refractivity contribution in [3.63, 3.8) is 0 Å². The normalized spacial score (nSPS) is 12.0. The molecule has 3 aromatic rings. The average molecular weight is 444 g/mol. The maximum atomic E-state index is 13.3.